The van der Waals surface area contributed by atoms with Crippen LogP contribution in [0.2, 0.25) is 5.15 Å². The summed E-state index contributed by atoms with van der Waals surface area (Å²) < 4.78 is 7.93. The standard InChI is InChI=1S/C23H24ClN3O2S/c1-13(2)18-11-6-8-14(3)19(18)20-15(4)21(24)26-23(25-20)27-30-17-10-7-9-16(12-17)22(28)29-5/h6-13H,1-5H3,(H,25,26,27). The minimum Gasteiger partial charge on any atom is -0.465 e. The van der Waals surface area contributed by atoms with Crippen molar-refractivity contribution in [1.82, 2.24) is 9.97 Å². The molecular weight excluding hydrogens is 418 g/mol. The van der Waals surface area contributed by atoms with Gasteiger partial charge in [0.1, 0.15) is 5.15 Å². The van der Waals surface area contributed by atoms with Crippen molar-refractivity contribution in [3.63, 3.8) is 0 Å². The number of aromatic nitrogens is 2. The Kier molecular flexibility index (Phi) is 7.00. The number of hydrogen-bond acceptors (Lipinski definition) is 6. The van der Waals surface area contributed by atoms with Crippen LogP contribution in [-0.2, 0) is 4.74 Å². The zero-order chi connectivity index (χ0) is 21.8. The number of aryl methyl sites for hydroxylation is 1. The van der Waals surface area contributed by atoms with Gasteiger partial charge in [0.15, 0.2) is 0 Å². The fourth-order valence-electron chi connectivity index (χ4n) is 3.18. The number of methoxy groups -OCH3 is 1. The van der Waals surface area contributed by atoms with Gasteiger partial charge in [0.25, 0.3) is 0 Å². The minimum absolute atomic E-state index is 0.347. The van der Waals surface area contributed by atoms with Crippen molar-refractivity contribution >= 4 is 35.5 Å². The molecule has 0 unspecified atom stereocenters. The number of nitrogens with one attached hydrogen (secondary N) is 1. The normalized spacial score (nSPS) is 10.9. The first-order chi connectivity index (χ1) is 14.3. The highest BCUT2D eigenvalue weighted by Crippen LogP contribution is 2.35. The van der Waals surface area contributed by atoms with E-state index in [0.29, 0.717) is 22.6 Å². The van der Waals surface area contributed by atoms with Crippen LogP contribution >= 0.6 is 23.5 Å². The van der Waals surface area contributed by atoms with Crippen LogP contribution in [0.5, 0.6) is 0 Å². The molecular formula is C23H24ClN3O2S. The van der Waals surface area contributed by atoms with Gasteiger partial charge in [-0.1, -0.05) is 49.7 Å². The summed E-state index contributed by atoms with van der Waals surface area (Å²) in [4.78, 5) is 21.7. The molecule has 156 valence electrons. The van der Waals surface area contributed by atoms with Gasteiger partial charge in [-0.2, -0.15) is 0 Å². The van der Waals surface area contributed by atoms with E-state index in [4.69, 9.17) is 21.3 Å². The number of hydrogen-bond donors (Lipinski definition) is 1. The molecule has 0 saturated heterocycles. The quantitative estimate of drug-likeness (QED) is 0.269. The third-order valence-corrected chi connectivity index (χ3v) is 5.91. The third-order valence-electron chi connectivity index (χ3n) is 4.77. The van der Waals surface area contributed by atoms with Crippen molar-refractivity contribution in [2.45, 2.75) is 38.5 Å². The van der Waals surface area contributed by atoms with E-state index >= 15 is 0 Å². The van der Waals surface area contributed by atoms with E-state index < -0.39 is 0 Å². The maximum atomic E-state index is 11.7. The predicted octanol–water partition coefficient (Wildman–Crippen LogP) is 6.44. The molecule has 0 aliphatic heterocycles. The highest BCUT2D eigenvalue weighted by molar-refractivity contribution is 8.00. The molecule has 0 amide bonds. The number of ether oxygens (including phenoxy) is 1. The molecule has 2 aromatic carbocycles. The highest BCUT2D eigenvalue weighted by atomic mass is 35.5. The molecule has 1 aromatic heterocycles. The third kappa shape index (κ3) is 4.77. The van der Waals surface area contributed by atoms with E-state index in [-0.39, 0.29) is 5.97 Å². The van der Waals surface area contributed by atoms with E-state index in [1.807, 2.05) is 13.0 Å². The van der Waals surface area contributed by atoms with Crippen LogP contribution in [0.4, 0.5) is 5.95 Å². The maximum Gasteiger partial charge on any atom is 0.337 e. The molecule has 7 heteroatoms. The number of carbonyl (C=O) groups is 1. The molecule has 0 aliphatic carbocycles. The number of esters is 1. The summed E-state index contributed by atoms with van der Waals surface area (Å²) in [6, 6.07) is 13.4. The Morgan fingerprint density at radius 3 is 2.57 bits per heavy atom. The summed E-state index contributed by atoms with van der Waals surface area (Å²) in [5.74, 6) is 0.377. The average molecular weight is 442 g/mol. The second-order valence-corrected chi connectivity index (χ2v) is 8.47. The number of carbonyl (C=O) groups excluding carboxylic acids is 1. The molecule has 0 fully saturated rings. The fraction of sp³-hybridized carbons (Fsp3) is 0.261. The number of nitrogens with zero attached hydrogens (tertiary/aromatic N) is 2. The van der Waals surface area contributed by atoms with Gasteiger partial charge < -0.3 is 4.74 Å². The molecule has 3 aromatic rings. The van der Waals surface area contributed by atoms with E-state index in [2.05, 4.69) is 48.7 Å². The van der Waals surface area contributed by atoms with Gasteiger partial charge in [-0.3, -0.25) is 4.72 Å². The largest absolute Gasteiger partial charge is 0.465 e. The van der Waals surface area contributed by atoms with Gasteiger partial charge in [-0.05, 0) is 61.0 Å². The van der Waals surface area contributed by atoms with E-state index in [0.717, 1.165) is 27.3 Å². The SMILES string of the molecule is COC(=O)c1cccc(SNc2nc(Cl)c(C)c(-c3c(C)cccc3C(C)C)n2)c1. The van der Waals surface area contributed by atoms with Gasteiger partial charge in [0, 0.05) is 16.0 Å². The molecule has 0 spiro atoms. The smallest absolute Gasteiger partial charge is 0.337 e. The Balaban J connectivity index is 1.95. The zero-order valence-corrected chi connectivity index (χ0v) is 19.2. The van der Waals surface area contributed by atoms with Crippen molar-refractivity contribution in [2.75, 3.05) is 11.8 Å². The van der Waals surface area contributed by atoms with Gasteiger partial charge in [0.05, 0.1) is 18.4 Å². The molecule has 1 heterocycles. The monoisotopic (exact) mass is 441 g/mol. The van der Waals surface area contributed by atoms with Crippen LogP contribution in [0.25, 0.3) is 11.3 Å². The Hall–Kier alpha value is -2.57. The van der Waals surface area contributed by atoms with Crippen LogP contribution in [-0.4, -0.2) is 23.0 Å². The average Bonchev–Trinajstić information content (AvgIpc) is 2.74. The lowest BCUT2D eigenvalue weighted by molar-refractivity contribution is 0.0600. The lowest BCUT2D eigenvalue weighted by Crippen LogP contribution is -2.04. The Morgan fingerprint density at radius 1 is 1.13 bits per heavy atom. The summed E-state index contributed by atoms with van der Waals surface area (Å²) in [5.41, 5.74) is 5.60. The number of halogens is 1. The summed E-state index contributed by atoms with van der Waals surface area (Å²) in [6.45, 7) is 8.35. The maximum absolute atomic E-state index is 11.7. The predicted molar refractivity (Wildman–Crippen MR) is 123 cm³/mol. The van der Waals surface area contributed by atoms with E-state index in [1.54, 1.807) is 18.2 Å². The molecule has 0 radical (unpaired) electrons. The Labute approximate surface area is 186 Å². The zero-order valence-electron chi connectivity index (χ0n) is 17.6. The molecule has 0 saturated carbocycles. The molecule has 0 aliphatic rings. The Bertz CT molecular complexity index is 1090. The Morgan fingerprint density at radius 2 is 1.87 bits per heavy atom. The van der Waals surface area contributed by atoms with E-state index in [1.165, 1.54) is 24.6 Å². The fourth-order valence-corrected chi connectivity index (χ4v) is 3.98. The van der Waals surface area contributed by atoms with Gasteiger partial charge >= 0.3 is 5.97 Å². The molecule has 1 N–H and O–H groups in total. The summed E-state index contributed by atoms with van der Waals surface area (Å²) in [7, 11) is 1.36. The van der Waals surface area contributed by atoms with Crippen molar-refractivity contribution in [3.8, 4) is 11.3 Å². The van der Waals surface area contributed by atoms with Gasteiger partial charge in [0.2, 0.25) is 5.95 Å². The lowest BCUT2D eigenvalue weighted by atomic mass is 9.90. The first-order valence-electron chi connectivity index (χ1n) is 9.57. The number of rotatable bonds is 6. The highest BCUT2D eigenvalue weighted by Gasteiger charge is 2.18. The van der Waals surface area contributed by atoms with Crippen LogP contribution < -0.4 is 4.72 Å². The second-order valence-electron chi connectivity index (χ2n) is 7.23. The van der Waals surface area contributed by atoms with Crippen molar-refractivity contribution in [2.24, 2.45) is 0 Å². The molecule has 5 nitrogen and oxygen atoms in total. The molecule has 0 bridgehead atoms. The first kappa shape index (κ1) is 22.1. The van der Waals surface area contributed by atoms with Crippen molar-refractivity contribution < 1.29 is 9.53 Å². The van der Waals surface area contributed by atoms with Crippen LogP contribution in [0, 0.1) is 13.8 Å². The van der Waals surface area contributed by atoms with Crippen molar-refractivity contribution in [1.29, 1.82) is 0 Å². The molecule has 30 heavy (non-hydrogen) atoms. The lowest BCUT2D eigenvalue weighted by Gasteiger charge is -2.18. The minimum atomic E-state index is -0.380. The van der Waals surface area contributed by atoms with Crippen LogP contribution in [0.3, 0.4) is 0 Å². The molecule has 3 rings (SSSR count). The van der Waals surface area contributed by atoms with Crippen LogP contribution in [0.1, 0.15) is 46.8 Å². The van der Waals surface area contributed by atoms with Gasteiger partial charge in [-0.25, -0.2) is 14.8 Å². The van der Waals surface area contributed by atoms with Crippen molar-refractivity contribution in [3.05, 3.63) is 69.9 Å². The van der Waals surface area contributed by atoms with Gasteiger partial charge in [-0.15, -0.1) is 0 Å². The summed E-state index contributed by atoms with van der Waals surface area (Å²) >= 11 is 7.77. The topological polar surface area (TPSA) is 64.1 Å². The summed E-state index contributed by atoms with van der Waals surface area (Å²) in [5, 5.41) is 0.407. The number of anilines is 1. The number of benzene rings is 2. The molecule has 0 atom stereocenters. The second kappa shape index (κ2) is 9.49. The van der Waals surface area contributed by atoms with E-state index in [9.17, 15) is 4.79 Å². The first-order valence-corrected chi connectivity index (χ1v) is 10.8. The van der Waals surface area contributed by atoms with Crippen LogP contribution in [0.15, 0.2) is 47.4 Å². The summed E-state index contributed by atoms with van der Waals surface area (Å²) in [6.07, 6.45) is 0.